The Morgan fingerprint density at radius 3 is 2.88 bits per heavy atom. The Hall–Kier alpha value is -1.90. The van der Waals surface area contributed by atoms with Crippen LogP contribution in [0, 0.1) is 17.2 Å². The quantitative estimate of drug-likeness (QED) is 0.913. The first-order valence-electron chi connectivity index (χ1n) is 8.74. The van der Waals surface area contributed by atoms with Crippen molar-refractivity contribution in [1.29, 1.82) is 5.26 Å². The van der Waals surface area contributed by atoms with E-state index in [1.165, 1.54) is 5.56 Å². The molecule has 0 bridgehead atoms. The van der Waals surface area contributed by atoms with Gasteiger partial charge in [0.1, 0.15) is 0 Å². The lowest BCUT2D eigenvalue weighted by atomic mass is 10.0. The SMILES string of the molecule is CNC(=O)[C@H]1C[C@@H]2CN(Cc3cccc(C#N)c3)C[C@@H]2N1C(C)C. The normalized spacial score (nSPS) is 27.2. The largest absolute Gasteiger partial charge is 0.358 e. The number of fused-ring (bicyclic) bond motifs is 1. The first-order valence-corrected chi connectivity index (χ1v) is 8.74. The molecule has 2 aliphatic heterocycles. The molecule has 0 unspecified atom stereocenters. The zero-order valence-corrected chi connectivity index (χ0v) is 14.7. The molecule has 1 N–H and O–H groups in total. The van der Waals surface area contributed by atoms with E-state index < -0.39 is 0 Å². The molecule has 128 valence electrons. The summed E-state index contributed by atoms with van der Waals surface area (Å²) in [5.74, 6) is 0.695. The predicted octanol–water partition coefficient (Wildman–Crippen LogP) is 1.59. The summed E-state index contributed by atoms with van der Waals surface area (Å²) in [4.78, 5) is 17.1. The van der Waals surface area contributed by atoms with E-state index in [4.69, 9.17) is 5.26 Å². The molecule has 2 aliphatic rings. The van der Waals surface area contributed by atoms with Crippen molar-refractivity contribution in [1.82, 2.24) is 15.1 Å². The first-order chi connectivity index (χ1) is 11.5. The van der Waals surface area contributed by atoms with Crippen molar-refractivity contribution in [2.24, 2.45) is 5.92 Å². The van der Waals surface area contributed by atoms with Crippen LogP contribution in [0.2, 0.25) is 0 Å². The average molecular weight is 326 g/mol. The summed E-state index contributed by atoms with van der Waals surface area (Å²) in [5, 5.41) is 11.9. The van der Waals surface area contributed by atoms with Crippen LogP contribution >= 0.6 is 0 Å². The molecule has 2 fully saturated rings. The summed E-state index contributed by atoms with van der Waals surface area (Å²) in [6.45, 7) is 7.25. The summed E-state index contributed by atoms with van der Waals surface area (Å²) in [7, 11) is 1.73. The van der Waals surface area contributed by atoms with E-state index in [2.05, 4.69) is 41.1 Å². The summed E-state index contributed by atoms with van der Waals surface area (Å²) in [5.41, 5.74) is 1.91. The number of likely N-dealkylation sites (tertiary alicyclic amines) is 2. The molecule has 0 aromatic heterocycles. The van der Waals surface area contributed by atoms with Crippen molar-refractivity contribution in [3.05, 3.63) is 35.4 Å². The highest BCUT2D eigenvalue weighted by Crippen LogP contribution is 2.37. The first kappa shape index (κ1) is 16.9. The van der Waals surface area contributed by atoms with Crippen molar-refractivity contribution < 1.29 is 4.79 Å². The number of carbonyl (C=O) groups is 1. The molecule has 3 rings (SSSR count). The van der Waals surface area contributed by atoms with Crippen molar-refractivity contribution in [2.45, 2.75) is 44.9 Å². The highest BCUT2D eigenvalue weighted by Gasteiger charge is 2.49. The fraction of sp³-hybridized carbons (Fsp3) is 0.579. The van der Waals surface area contributed by atoms with Crippen LogP contribution in [-0.2, 0) is 11.3 Å². The van der Waals surface area contributed by atoms with Crippen LogP contribution in [0.4, 0.5) is 0 Å². The lowest BCUT2D eigenvalue weighted by Gasteiger charge is -2.33. The van der Waals surface area contributed by atoms with Crippen LogP contribution < -0.4 is 5.32 Å². The van der Waals surface area contributed by atoms with Gasteiger partial charge in [-0.25, -0.2) is 0 Å². The number of benzene rings is 1. The minimum Gasteiger partial charge on any atom is -0.358 e. The Morgan fingerprint density at radius 1 is 1.42 bits per heavy atom. The minimum absolute atomic E-state index is 0.00840. The number of hydrogen-bond donors (Lipinski definition) is 1. The highest BCUT2D eigenvalue weighted by molar-refractivity contribution is 5.82. The Bertz CT molecular complexity index is 651. The van der Waals surface area contributed by atoms with Crippen molar-refractivity contribution in [2.75, 3.05) is 20.1 Å². The summed E-state index contributed by atoms with van der Waals surface area (Å²) in [6.07, 6.45) is 0.942. The van der Waals surface area contributed by atoms with Gasteiger partial charge in [0.05, 0.1) is 17.7 Å². The van der Waals surface area contributed by atoms with Crippen LogP contribution in [0.15, 0.2) is 24.3 Å². The van der Waals surface area contributed by atoms with Gasteiger partial charge in [0, 0.05) is 38.8 Å². The maximum atomic E-state index is 12.2. The second kappa shape index (κ2) is 6.92. The Kier molecular flexibility index (Phi) is 4.88. The highest BCUT2D eigenvalue weighted by atomic mass is 16.2. The van der Waals surface area contributed by atoms with Gasteiger partial charge in [0.25, 0.3) is 0 Å². The zero-order chi connectivity index (χ0) is 17.3. The molecule has 1 aromatic carbocycles. The predicted molar refractivity (Wildman–Crippen MR) is 93.2 cm³/mol. The van der Waals surface area contributed by atoms with E-state index in [9.17, 15) is 4.79 Å². The number of amides is 1. The van der Waals surface area contributed by atoms with Crippen LogP contribution in [0.3, 0.4) is 0 Å². The second-order valence-corrected chi connectivity index (χ2v) is 7.24. The van der Waals surface area contributed by atoms with E-state index in [-0.39, 0.29) is 11.9 Å². The molecule has 2 saturated heterocycles. The van der Waals surface area contributed by atoms with E-state index in [0.29, 0.717) is 18.0 Å². The standard InChI is InChI=1S/C19H26N4O/c1-13(2)23-17(19(24)21-3)8-16-11-22(12-18(16)23)10-15-6-4-5-14(7-15)9-20/h4-7,13,16-18H,8,10-12H2,1-3H3,(H,21,24)/t16-,17-,18+/m1/s1. The number of hydrogen-bond acceptors (Lipinski definition) is 4. The van der Waals surface area contributed by atoms with E-state index in [1.807, 2.05) is 18.2 Å². The lowest BCUT2D eigenvalue weighted by Crippen LogP contribution is -2.50. The van der Waals surface area contributed by atoms with Gasteiger partial charge in [-0.1, -0.05) is 12.1 Å². The monoisotopic (exact) mass is 326 g/mol. The number of nitrogens with one attached hydrogen (secondary N) is 1. The fourth-order valence-electron chi connectivity index (χ4n) is 4.43. The van der Waals surface area contributed by atoms with Gasteiger partial charge in [-0.2, -0.15) is 5.26 Å². The molecular formula is C19H26N4O. The lowest BCUT2D eigenvalue weighted by molar-refractivity contribution is -0.126. The summed E-state index contributed by atoms with van der Waals surface area (Å²) >= 11 is 0. The van der Waals surface area contributed by atoms with Gasteiger partial charge in [-0.3, -0.25) is 14.6 Å². The molecule has 24 heavy (non-hydrogen) atoms. The number of nitrogens with zero attached hydrogens (tertiary/aromatic N) is 3. The van der Waals surface area contributed by atoms with Gasteiger partial charge < -0.3 is 5.32 Å². The van der Waals surface area contributed by atoms with Crippen LogP contribution in [0.25, 0.3) is 0 Å². The molecule has 5 nitrogen and oxygen atoms in total. The molecular weight excluding hydrogens is 300 g/mol. The molecule has 0 radical (unpaired) electrons. The second-order valence-electron chi connectivity index (χ2n) is 7.24. The smallest absolute Gasteiger partial charge is 0.237 e. The van der Waals surface area contributed by atoms with E-state index in [1.54, 1.807) is 7.05 Å². The summed E-state index contributed by atoms with van der Waals surface area (Å²) in [6, 6.07) is 10.9. The van der Waals surface area contributed by atoms with Crippen molar-refractivity contribution in [3.63, 3.8) is 0 Å². The summed E-state index contributed by atoms with van der Waals surface area (Å²) < 4.78 is 0. The van der Waals surface area contributed by atoms with Crippen LogP contribution in [0.1, 0.15) is 31.4 Å². The molecule has 5 heteroatoms. The van der Waals surface area contributed by atoms with Gasteiger partial charge in [0.15, 0.2) is 0 Å². The Morgan fingerprint density at radius 2 is 2.21 bits per heavy atom. The fourth-order valence-corrected chi connectivity index (χ4v) is 4.43. The molecule has 2 heterocycles. The maximum absolute atomic E-state index is 12.2. The topological polar surface area (TPSA) is 59.4 Å². The van der Waals surface area contributed by atoms with Gasteiger partial charge in [0.2, 0.25) is 5.91 Å². The van der Waals surface area contributed by atoms with E-state index >= 15 is 0 Å². The third kappa shape index (κ3) is 3.17. The van der Waals surface area contributed by atoms with Gasteiger partial charge >= 0.3 is 0 Å². The molecule has 0 spiro atoms. The van der Waals surface area contributed by atoms with Crippen LogP contribution in [-0.4, -0.2) is 54.0 Å². The number of carbonyl (C=O) groups excluding carboxylic acids is 1. The Balaban J connectivity index is 1.69. The molecule has 0 aliphatic carbocycles. The third-order valence-corrected chi connectivity index (χ3v) is 5.36. The molecule has 0 saturated carbocycles. The Labute approximate surface area is 144 Å². The average Bonchev–Trinajstić information content (AvgIpc) is 3.10. The molecule has 1 aromatic rings. The molecule has 1 amide bonds. The van der Waals surface area contributed by atoms with E-state index in [0.717, 1.165) is 31.6 Å². The van der Waals surface area contributed by atoms with Gasteiger partial charge in [-0.15, -0.1) is 0 Å². The van der Waals surface area contributed by atoms with Crippen molar-refractivity contribution >= 4 is 5.91 Å². The third-order valence-electron chi connectivity index (χ3n) is 5.36. The number of rotatable bonds is 4. The van der Waals surface area contributed by atoms with Gasteiger partial charge in [-0.05, 0) is 43.9 Å². The number of nitriles is 1. The maximum Gasteiger partial charge on any atom is 0.237 e. The number of likely N-dealkylation sites (N-methyl/N-ethyl adjacent to an activating group) is 1. The van der Waals surface area contributed by atoms with Crippen LogP contribution in [0.5, 0.6) is 0 Å². The minimum atomic E-state index is 0.00840. The zero-order valence-electron chi connectivity index (χ0n) is 14.7. The molecule has 3 atom stereocenters. The van der Waals surface area contributed by atoms with Crippen molar-refractivity contribution in [3.8, 4) is 6.07 Å².